The van der Waals surface area contributed by atoms with Crippen LogP contribution >= 0.6 is 0 Å². The monoisotopic (exact) mass is 479 g/mol. The van der Waals surface area contributed by atoms with Crippen molar-refractivity contribution in [2.45, 2.75) is 70.4 Å². The van der Waals surface area contributed by atoms with Gasteiger partial charge in [-0.05, 0) is 69.6 Å². The van der Waals surface area contributed by atoms with Gasteiger partial charge in [-0.15, -0.1) is 0 Å². The summed E-state index contributed by atoms with van der Waals surface area (Å²) in [6, 6.07) is 7.01. The summed E-state index contributed by atoms with van der Waals surface area (Å²) in [7, 11) is 0. The number of nitrogens with zero attached hydrogens (tertiary/aromatic N) is 4. The lowest BCUT2D eigenvalue weighted by molar-refractivity contribution is -0.146. The van der Waals surface area contributed by atoms with Gasteiger partial charge in [0.2, 0.25) is 5.95 Å². The molecule has 1 N–H and O–H groups in total. The highest BCUT2D eigenvalue weighted by Gasteiger charge is 2.35. The van der Waals surface area contributed by atoms with Gasteiger partial charge in [-0.2, -0.15) is 10.1 Å². The highest BCUT2D eigenvalue weighted by molar-refractivity contribution is 5.92. The number of nitrogens with one attached hydrogen (secondary N) is 1. The third kappa shape index (κ3) is 5.18. The van der Waals surface area contributed by atoms with E-state index in [0.29, 0.717) is 23.0 Å². The van der Waals surface area contributed by atoms with Crippen molar-refractivity contribution in [1.29, 1.82) is 0 Å². The Bertz CT molecular complexity index is 1080. The quantitative estimate of drug-likeness (QED) is 0.629. The number of anilines is 1. The molecule has 9 nitrogen and oxygen atoms in total. The second-order valence-corrected chi connectivity index (χ2v) is 9.56. The minimum atomic E-state index is -0.464. The second-order valence-electron chi connectivity index (χ2n) is 9.56. The number of carbonyl (C=O) groups excluding carboxylic acids is 2. The molecule has 2 aromatic rings. The molecule has 35 heavy (non-hydrogen) atoms. The zero-order valence-electron chi connectivity index (χ0n) is 20.2. The smallest absolute Gasteiger partial charge is 0.338 e. The molecule has 0 radical (unpaired) electrons. The van der Waals surface area contributed by atoms with Gasteiger partial charge in [-0.3, -0.25) is 4.79 Å². The molecular formula is C26H33N5O4. The fourth-order valence-electron chi connectivity index (χ4n) is 5.19. The van der Waals surface area contributed by atoms with E-state index >= 15 is 0 Å². The average Bonchev–Trinajstić information content (AvgIpc) is 3.36. The lowest BCUT2D eigenvalue weighted by Gasteiger charge is -2.30. The Morgan fingerprint density at radius 1 is 1.03 bits per heavy atom. The number of amides is 1. The van der Waals surface area contributed by atoms with Gasteiger partial charge in [0.15, 0.2) is 6.61 Å². The number of fused-ring (bicyclic) bond motifs is 1. The molecule has 2 aliphatic heterocycles. The van der Waals surface area contributed by atoms with Crippen LogP contribution in [0.4, 0.5) is 5.95 Å². The van der Waals surface area contributed by atoms with E-state index in [1.165, 1.54) is 19.2 Å². The number of piperidine rings is 1. The topological polar surface area (TPSA) is 98.6 Å². The van der Waals surface area contributed by atoms with Crippen molar-refractivity contribution in [3.63, 3.8) is 0 Å². The molecule has 1 atom stereocenters. The summed E-state index contributed by atoms with van der Waals surface area (Å²) in [4.78, 5) is 31.9. The molecule has 0 spiro atoms. The third-order valence-electron chi connectivity index (χ3n) is 7.11. The number of carbonyl (C=O) groups is 2. The predicted octanol–water partition coefficient (Wildman–Crippen LogP) is 3.83. The van der Waals surface area contributed by atoms with Gasteiger partial charge in [0.25, 0.3) is 5.91 Å². The van der Waals surface area contributed by atoms with Crippen LogP contribution in [0, 0.1) is 0 Å². The molecule has 186 valence electrons. The van der Waals surface area contributed by atoms with Crippen molar-refractivity contribution in [3.05, 3.63) is 47.4 Å². The molecule has 3 heterocycles. The molecule has 1 unspecified atom stereocenters. The minimum Gasteiger partial charge on any atom is -0.484 e. The van der Waals surface area contributed by atoms with E-state index in [1.54, 1.807) is 4.68 Å². The number of rotatable bonds is 6. The van der Waals surface area contributed by atoms with Crippen LogP contribution in [0.1, 0.15) is 69.9 Å². The van der Waals surface area contributed by atoms with Crippen molar-refractivity contribution in [2.75, 3.05) is 25.0 Å². The summed E-state index contributed by atoms with van der Waals surface area (Å²) < 4.78 is 13.4. The summed E-state index contributed by atoms with van der Waals surface area (Å²) >= 11 is 0. The van der Waals surface area contributed by atoms with Gasteiger partial charge < -0.3 is 19.7 Å². The number of benzene rings is 1. The standard InChI is InChI=1S/C26H33N5O4/c1-18-23(25(33)35-21-8-4-2-5-9-21)24(31-26(29-18)27-17-28-31)19-10-12-20(13-11-19)34-16-22(32)30-14-6-3-7-15-30/h10-13,17,21,24H,2-9,14-16H2,1H3,(H,27,28,29). The first kappa shape index (κ1) is 23.4. The van der Waals surface area contributed by atoms with E-state index in [4.69, 9.17) is 9.47 Å². The summed E-state index contributed by atoms with van der Waals surface area (Å²) in [5, 5.41) is 7.57. The molecule has 0 bridgehead atoms. The number of hydrogen-bond acceptors (Lipinski definition) is 7. The Morgan fingerprint density at radius 2 is 1.74 bits per heavy atom. The lowest BCUT2D eigenvalue weighted by Crippen LogP contribution is -2.38. The van der Waals surface area contributed by atoms with Gasteiger partial charge >= 0.3 is 5.97 Å². The maximum atomic E-state index is 13.3. The van der Waals surface area contributed by atoms with Gasteiger partial charge in [0.1, 0.15) is 24.2 Å². The largest absolute Gasteiger partial charge is 0.484 e. The molecule has 1 saturated carbocycles. The molecule has 2 fully saturated rings. The van der Waals surface area contributed by atoms with Gasteiger partial charge in [0.05, 0.1) is 5.57 Å². The van der Waals surface area contributed by atoms with E-state index in [2.05, 4.69) is 15.4 Å². The molecule has 3 aliphatic rings. The van der Waals surface area contributed by atoms with Crippen LogP contribution < -0.4 is 10.1 Å². The number of ether oxygens (including phenoxy) is 2. The first-order chi connectivity index (χ1) is 17.1. The number of esters is 1. The summed E-state index contributed by atoms with van der Waals surface area (Å²) in [6.45, 7) is 3.51. The highest BCUT2D eigenvalue weighted by atomic mass is 16.5. The maximum Gasteiger partial charge on any atom is 0.338 e. The highest BCUT2D eigenvalue weighted by Crippen LogP contribution is 2.36. The van der Waals surface area contributed by atoms with Crippen LogP contribution in [0.25, 0.3) is 0 Å². The van der Waals surface area contributed by atoms with E-state index in [0.717, 1.165) is 57.2 Å². The Kier molecular flexibility index (Phi) is 7.01. The molecule has 1 saturated heterocycles. The van der Waals surface area contributed by atoms with Gasteiger partial charge in [-0.25, -0.2) is 9.48 Å². The summed E-state index contributed by atoms with van der Waals surface area (Å²) in [5.74, 6) is 0.888. The Hall–Kier alpha value is -3.36. The third-order valence-corrected chi connectivity index (χ3v) is 7.11. The Balaban J connectivity index is 1.32. The van der Waals surface area contributed by atoms with Crippen LogP contribution in [0.15, 0.2) is 41.9 Å². The molecule has 1 amide bonds. The molecule has 1 aromatic carbocycles. The van der Waals surface area contributed by atoms with Crippen molar-refractivity contribution in [2.24, 2.45) is 0 Å². The van der Waals surface area contributed by atoms with Crippen LogP contribution in [-0.2, 0) is 14.3 Å². The first-order valence-corrected chi connectivity index (χ1v) is 12.7. The number of allylic oxidation sites excluding steroid dienone is 1. The Morgan fingerprint density at radius 3 is 2.49 bits per heavy atom. The molecular weight excluding hydrogens is 446 g/mol. The number of aromatic nitrogens is 3. The molecule has 1 aliphatic carbocycles. The van der Waals surface area contributed by atoms with Crippen molar-refractivity contribution >= 4 is 17.8 Å². The van der Waals surface area contributed by atoms with Crippen molar-refractivity contribution < 1.29 is 19.1 Å². The first-order valence-electron chi connectivity index (χ1n) is 12.7. The molecule has 9 heteroatoms. The van der Waals surface area contributed by atoms with Gasteiger partial charge in [0, 0.05) is 18.8 Å². The lowest BCUT2D eigenvalue weighted by atomic mass is 9.95. The van der Waals surface area contributed by atoms with Crippen LogP contribution in [0.2, 0.25) is 0 Å². The summed E-state index contributed by atoms with van der Waals surface area (Å²) in [5.41, 5.74) is 2.11. The Labute approximate surface area is 205 Å². The van der Waals surface area contributed by atoms with Gasteiger partial charge in [-0.1, -0.05) is 18.6 Å². The van der Waals surface area contributed by atoms with Crippen molar-refractivity contribution in [3.8, 4) is 5.75 Å². The fourth-order valence-corrected chi connectivity index (χ4v) is 5.19. The summed E-state index contributed by atoms with van der Waals surface area (Å²) in [6.07, 6.45) is 9.92. The zero-order valence-corrected chi connectivity index (χ0v) is 20.2. The normalized spacial score (nSPS) is 20.7. The molecule has 1 aromatic heterocycles. The van der Waals surface area contributed by atoms with E-state index < -0.39 is 6.04 Å². The number of likely N-dealkylation sites (tertiary alicyclic amines) is 1. The minimum absolute atomic E-state index is 0.0192. The second kappa shape index (κ2) is 10.5. The fraction of sp³-hybridized carbons (Fsp3) is 0.538. The average molecular weight is 480 g/mol. The van der Waals surface area contributed by atoms with E-state index in [9.17, 15) is 9.59 Å². The van der Waals surface area contributed by atoms with Crippen molar-refractivity contribution in [1.82, 2.24) is 19.7 Å². The predicted molar refractivity (Wildman–Crippen MR) is 130 cm³/mol. The van der Waals surface area contributed by atoms with E-state index in [-0.39, 0.29) is 24.6 Å². The van der Waals surface area contributed by atoms with Crippen LogP contribution in [-0.4, -0.2) is 57.3 Å². The number of hydrogen-bond donors (Lipinski definition) is 1. The SMILES string of the molecule is CC1=C(C(=O)OC2CCCCC2)C(c2ccc(OCC(=O)N3CCCCC3)cc2)n2ncnc2N1. The zero-order chi connectivity index (χ0) is 24.2. The van der Waals surface area contributed by atoms with Crippen LogP contribution in [0.5, 0.6) is 5.75 Å². The van der Waals surface area contributed by atoms with E-state index in [1.807, 2.05) is 36.1 Å². The van der Waals surface area contributed by atoms with Crippen LogP contribution in [0.3, 0.4) is 0 Å². The maximum absolute atomic E-state index is 13.3. The molecule has 5 rings (SSSR count).